The lowest BCUT2D eigenvalue weighted by molar-refractivity contribution is -0.126. The molecule has 21 heavy (non-hydrogen) atoms. The van der Waals surface area contributed by atoms with E-state index in [1.807, 2.05) is 55.5 Å². The molecule has 2 aromatic rings. The summed E-state index contributed by atoms with van der Waals surface area (Å²) in [6.07, 6.45) is 0. The maximum absolute atomic E-state index is 12.2. The van der Waals surface area contributed by atoms with Gasteiger partial charge in [-0.2, -0.15) is 0 Å². The smallest absolute Gasteiger partial charge is 0.247 e. The lowest BCUT2D eigenvalue weighted by atomic mass is 9.88. The molecule has 1 fully saturated rings. The van der Waals surface area contributed by atoms with E-state index in [2.05, 4.69) is 0 Å². The van der Waals surface area contributed by atoms with Crippen LogP contribution in [-0.2, 0) is 4.79 Å². The molecule has 4 heteroatoms. The monoisotopic (exact) mass is 282 g/mol. The fourth-order valence-electron chi connectivity index (χ4n) is 2.68. The Balaban J connectivity index is 1.96. The van der Waals surface area contributed by atoms with Crippen molar-refractivity contribution in [1.29, 1.82) is 0 Å². The third-order valence-electron chi connectivity index (χ3n) is 3.89. The second-order valence-electron chi connectivity index (χ2n) is 5.29. The number of rotatable bonds is 3. The number of aryl methyl sites for hydroxylation is 1. The molecule has 2 unspecified atom stereocenters. The van der Waals surface area contributed by atoms with Crippen molar-refractivity contribution >= 4 is 11.6 Å². The Labute approximate surface area is 124 Å². The summed E-state index contributed by atoms with van der Waals surface area (Å²) in [5.74, 6) is 0.664. The number of β-lactam (4-membered cyclic amide) rings is 1. The van der Waals surface area contributed by atoms with Crippen molar-refractivity contribution in [1.82, 2.24) is 0 Å². The van der Waals surface area contributed by atoms with Crippen LogP contribution in [0.4, 0.5) is 5.69 Å². The van der Waals surface area contributed by atoms with E-state index in [1.54, 1.807) is 12.0 Å². The first-order valence-electron chi connectivity index (χ1n) is 6.91. The van der Waals surface area contributed by atoms with Crippen LogP contribution in [0, 0.1) is 6.92 Å². The second kappa shape index (κ2) is 5.22. The molecule has 108 valence electrons. The zero-order valence-electron chi connectivity index (χ0n) is 12.1. The van der Waals surface area contributed by atoms with Crippen LogP contribution in [0.25, 0.3) is 0 Å². The summed E-state index contributed by atoms with van der Waals surface area (Å²) in [4.78, 5) is 13.9. The average molecular weight is 282 g/mol. The van der Waals surface area contributed by atoms with Gasteiger partial charge in [0.05, 0.1) is 13.2 Å². The molecule has 1 aliphatic heterocycles. The fraction of sp³-hybridized carbons (Fsp3) is 0.235. The highest BCUT2D eigenvalue weighted by atomic mass is 16.5. The van der Waals surface area contributed by atoms with Crippen molar-refractivity contribution in [3.63, 3.8) is 0 Å². The molecular weight excluding hydrogens is 264 g/mol. The van der Waals surface area contributed by atoms with E-state index in [0.29, 0.717) is 0 Å². The highest BCUT2D eigenvalue weighted by molar-refractivity contribution is 6.05. The number of hydrogen-bond acceptors (Lipinski definition) is 3. The summed E-state index contributed by atoms with van der Waals surface area (Å²) in [5.41, 5.74) is 9.06. The number of amides is 1. The normalized spacial score (nSPS) is 21.1. The van der Waals surface area contributed by atoms with E-state index in [4.69, 9.17) is 10.5 Å². The standard InChI is InChI=1S/C17H18N2O2/c1-11-6-8-12(9-7-11)16-15(18)17(20)19(16)13-4-3-5-14(10-13)21-2/h3-10,15-16H,18H2,1-2H3. The number of benzene rings is 2. The molecule has 2 aromatic carbocycles. The topological polar surface area (TPSA) is 55.6 Å². The van der Waals surface area contributed by atoms with Crippen LogP contribution < -0.4 is 15.4 Å². The van der Waals surface area contributed by atoms with Gasteiger partial charge in [-0.1, -0.05) is 35.9 Å². The van der Waals surface area contributed by atoms with Crippen LogP contribution in [0.3, 0.4) is 0 Å². The van der Waals surface area contributed by atoms with E-state index >= 15 is 0 Å². The third-order valence-corrected chi connectivity index (χ3v) is 3.89. The summed E-state index contributed by atoms with van der Waals surface area (Å²) in [6.45, 7) is 2.04. The Morgan fingerprint density at radius 2 is 1.86 bits per heavy atom. The summed E-state index contributed by atoms with van der Waals surface area (Å²) < 4.78 is 5.22. The summed E-state index contributed by atoms with van der Waals surface area (Å²) >= 11 is 0. The Morgan fingerprint density at radius 3 is 2.52 bits per heavy atom. The minimum Gasteiger partial charge on any atom is -0.497 e. The first kappa shape index (κ1) is 13.6. The van der Waals surface area contributed by atoms with E-state index in [1.165, 1.54) is 5.56 Å². The number of nitrogens with zero attached hydrogens (tertiary/aromatic N) is 1. The van der Waals surface area contributed by atoms with E-state index in [9.17, 15) is 4.79 Å². The molecule has 2 N–H and O–H groups in total. The number of ether oxygens (including phenoxy) is 1. The van der Waals surface area contributed by atoms with Crippen LogP contribution in [0.5, 0.6) is 5.75 Å². The summed E-state index contributed by atoms with van der Waals surface area (Å²) in [6, 6.07) is 15.0. The van der Waals surface area contributed by atoms with E-state index in [-0.39, 0.29) is 11.9 Å². The van der Waals surface area contributed by atoms with Crippen LogP contribution in [0.1, 0.15) is 17.2 Å². The van der Waals surface area contributed by atoms with Crippen molar-refractivity contribution in [2.45, 2.75) is 19.0 Å². The maximum atomic E-state index is 12.2. The van der Waals surface area contributed by atoms with Gasteiger partial charge in [0.15, 0.2) is 0 Å². The summed E-state index contributed by atoms with van der Waals surface area (Å²) in [7, 11) is 1.61. The van der Waals surface area contributed by atoms with Gasteiger partial charge in [-0.15, -0.1) is 0 Å². The third kappa shape index (κ3) is 2.28. The second-order valence-corrected chi connectivity index (χ2v) is 5.29. The lowest BCUT2D eigenvalue weighted by Crippen LogP contribution is -2.63. The molecule has 2 atom stereocenters. The van der Waals surface area contributed by atoms with Gasteiger partial charge in [0, 0.05) is 11.8 Å². The zero-order valence-corrected chi connectivity index (χ0v) is 12.1. The quantitative estimate of drug-likeness (QED) is 0.880. The van der Waals surface area contributed by atoms with Gasteiger partial charge in [-0.05, 0) is 24.6 Å². The molecule has 1 aliphatic rings. The average Bonchev–Trinajstić information content (AvgIpc) is 2.52. The number of carbonyl (C=O) groups is 1. The van der Waals surface area contributed by atoms with E-state index in [0.717, 1.165) is 17.0 Å². The number of carbonyl (C=O) groups excluding carboxylic acids is 1. The van der Waals surface area contributed by atoms with Crippen molar-refractivity contribution in [2.24, 2.45) is 5.73 Å². The van der Waals surface area contributed by atoms with Gasteiger partial charge < -0.3 is 15.4 Å². The van der Waals surface area contributed by atoms with Crippen LogP contribution in [0.2, 0.25) is 0 Å². The molecule has 0 aromatic heterocycles. The highest BCUT2D eigenvalue weighted by Crippen LogP contribution is 2.39. The Bertz CT molecular complexity index is 667. The van der Waals surface area contributed by atoms with E-state index < -0.39 is 6.04 Å². The van der Waals surface area contributed by atoms with Gasteiger partial charge in [-0.3, -0.25) is 4.79 Å². The van der Waals surface area contributed by atoms with Gasteiger partial charge in [-0.25, -0.2) is 0 Å². The molecule has 0 saturated carbocycles. The van der Waals surface area contributed by atoms with Gasteiger partial charge in [0.25, 0.3) is 0 Å². The van der Waals surface area contributed by atoms with Gasteiger partial charge >= 0.3 is 0 Å². The fourth-order valence-corrected chi connectivity index (χ4v) is 2.68. The SMILES string of the molecule is COc1cccc(N2C(=O)C(N)C2c2ccc(C)cc2)c1. The molecule has 0 aliphatic carbocycles. The molecule has 4 nitrogen and oxygen atoms in total. The molecule has 0 spiro atoms. The molecule has 0 bridgehead atoms. The number of methoxy groups -OCH3 is 1. The molecule has 1 saturated heterocycles. The van der Waals surface area contributed by atoms with Gasteiger partial charge in [0.1, 0.15) is 11.8 Å². The zero-order chi connectivity index (χ0) is 15.0. The number of nitrogens with two attached hydrogens (primary N) is 1. The van der Waals surface area contributed by atoms with Crippen LogP contribution >= 0.6 is 0 Å². The number of hydrogen-bond donors (Lipinski definition) is 1. The molecule has 1 heterocycles. The molecule has 0 radical (unpaired) electrons. The van der Waals surface area contributed by atoms with Crippen molar-refractivity contribution in [3.05, 3.63) is 59.7 Å². The van der Waals surface area contributed by atoms with Crippen LogP contribution in [0.15, 0.2) is 48.5 Å². The predicted molar refractivity (Wildman–Crippen MR) is 82.4 cm³/mol. The largest absolute Gasteiger partial charge is 0.497 e. The highest BCUT2D eigenvalue weighted by Gasteiger charge is 2.46. The Hall–Kier alpha value is -2.33. The Kier molecular flexibility index (Phi) is 3.39. The minimum atomic E-state index is -0.487. The van der Waals surface area contributed by atoms with Crippen molar-refractivity contribution in [3.8, 4) is 5.75 Å². The van der Waals surface area contributed by atoms with Crippen molar-refractivity contribution < 1.29 is 9.53 Å². The molecule has 1 amide bonds. The summed E-state index contributed by atoms with van der Waals surface area (Å²) in [5, 5.41) is 0. The predicted octanol–water partition coefficient (Wildman–Crippen LogP) is 2.42. The maximum Gasteiger partial charge on any atom is 0.247 e. The first-order valence-corrected chi connectivity index (χ1v) is 6.91. The Morgan fingerprint density at radius 1 is 1.14 bits per heavy atom. The molecular formula is C17H18N2O2. The first-order chi connectivity index (χ1) is 10.1. The van der Waals surface area contributed by atoms with Crippen LogP contribution in [-0.4, -0.2) is 19.1 Å². The minimum absolute atomic E-state index is 0.0613. The molecule has 3 rings (SSSR count). The van der Waals surface area contributed by atoms with Gasteiger partial charge in [0.2, 0.25) is 5.91 Å². The lowest BCUT2D eigenvalue weighted by Gasteiger charge is -2.45. The van der Waals surface area contributed by atoms with Crippen molar-refractivity contribution in [2.75, 3.05) is 12.0 Å². The number of anilines is 1.